The normalized spacial score (nSPS) is 11.6. The van der Waals surface area contributed by atoms with Gasteiger partial charge in [0.05, 0.1) is 16.6 Å². The molecule has 6 heteroatoms. The van der Waals surface area contributed by atoms with E-state index < -0.39 is 5.54 Å². The third-order valence-electron chi connectivity index (χ3n) is 2.63. The van der Waals surface area contributed by atoms with Crippen molar-refractivity contribution in [3.8, 4) is 0 Å². The van der Waals surface area contributed by atoms with Crippen molar-refractivity contribution in [3.63, 3.8) is 0 Å². The highest BCUT2D eigenvalue weighted by Crippen LogP contribution is 2.31. The van der Waals surface area contributed by atoms with Crippen LogP contribution in [0.4, 0.5) is 5.69 Å². The lowest BCUT2D eigenvalue weighted by Gasteiger charge is -2.21. The summed E-state index contributed by atoms with van der Waals surface area (Å²) in [6.45, 7) is 5.72. The van der Waals surface area contributed by atoms with Crippen molar-refractivity contribution < 1.29 is 0 Å². The lowest BCUT2D eigenvalue weighted by Crippen LogP contribution is -2.36. The molecular formula is C14H16ClN3OS. The number of benzene rings is 1. The Balaban J connectivity index is 2.37. The maximum Gasteiger partial charge on any atom is 0.287 e. The van der Waals surface area contributed by atoms with Gasteiger partial charge in [0, 0.05) is 10.6 Å². The Morgan fingerprint density at radius 3 is 2.40 bits per heavy atom. The Kier molecular flexibility index (Phi) is 4.11. The van der Waals surface area contributed by atoms with Crippen molar-refractivity contribution >= 4 is 29.1 Å². The maximum absolute atomic E-state index is 12.2. The molecule has 0 unspecified atom stereocenters. The molecule has 1 aromatic carbocycles. The second-order valence-electron chi connectivity index (χ2n) is 5.38. The lowest BCUT2D eigenvalue weighted by atomic mass is 10.1. The molecular weight excluding hydrogens is 294 g/mol. The first-order valence-electron chi connectivity index (χ1n) is 6.11. The highest BCUT2D eigenvalue weighted by molar-refractivity contribution is 7.99. The van der Waals surface area contributed by atoms with Crippen LogP contribution in [0.25, 0.3) is 0 Å². The highest BCUT2D eigenvalue weighted by atomic mass is 35.5. The summed E-state index contributed by atoms with van der Waals surface area (Å²) in [5.41, 5.74) is 5.66. The van der Waals surface area contributed by atoms with Gasteiger partial charge in [-0.15, -0.1) is 0 Å². The van der Waals surface area contributed by atoms with Crippen LogP contribution in [0, 0.1) is 0 Å². The van der Waals surface area contributed by atoms with Crippen molar-refractivity contribution in [2.24, 2.45) is 0 Å². The fraction of sp³-hybridized carbons (Fsp3) is 0.286. The molecule has 0 saturated heterocycles. The van der Waals surface area contributed by atoms with Gasteiger partial charge in [-0.2, -0.15) is 5.10 Å². The second kappa shape index (κ2) is 5.50. The van der Waals surface area contributed by atoms with E-state index in [-0.39, 0.29) is 10.6 Å². The molecule has 0 bridgehead atoms. The Morgan fingerprint density at radius 2 is 1.85 bits per heavy atom. The smallest absolute Gasteiger partial charge is 0.287 e. The summed E-state index contributed by atoms with van der Waals surface area (Å²) in [7, 11) is 0. The largest absolute Gasteiger partial charge is 0.399 e. The number of halogens is 1. The average molecular weight is 310 g/mol. The van der Waals surface area contributed by atoms with Crippen LogP contribution in [0.5, 0.6) is 0 Å². The van der Waals surface area contributed by atoms with Gasteiger partial charge in [0.15, 0.2) is 0 Å². The molecule has 1 aromatic heterocycles. The van der Waals surface area contributed by atoms with E-state index in [4.69, 9.17) is 17.3 Å². The summed E-state index contributed by atoms with van der Waals surface area (Å²) < 4.78 is 1.39. The van der Waals surface area contributed by atoms with Crippen molar-refractivity contribution in [1.29, 1.82) is 0 Å². The van der Waals surface area contributed by atoms with Crippen molar-refractivity contribution in [3.05, 3.63) is 45.8 Å². The Morgan fingerprint density at radius 1 is 1.25 bits per heavy atom. The minimum absolute atomic E-state index is 0.191. The number of nitrogens with two attached hydrogens (primary N) is 1. The number of anilines is 1. The number of aromatic nitrogens is 2. The number of nitrogens with zero attached hydrogens (tertiary/aromatic N) is 2. The second-order valence-corrected chi connectivity index (χ2v) is 6.87. The van der Waals surface area contributed by atoms with Crippen LogP contribution in [-0.4, -0.2) is 9.78 Å². The first-order valence-corrected chi connectivity index (χ1v) is 7.30. The van der Waals surface area contributed by atoms with Gasteiger partial charge in [-0.3, -0.25) is 4.79 Å². The van der Waals surface area contributed by atoms with E-state index in [1.54, 1.807) is 18.3 Å². The molecule has 2 N–H and O–H groups in total. The first-order chi connectivity index (χ1) is 9.29. The molecule has 0 radical (unpaired) electrons. The standard InChI is InChI=1S/C14H16ClN3OS/c1-14(2,3)18-13(19)12(15)11(8-17-18)20-10-6-4-9(16)5-7-10/h4-8H,16H2,1-3H3. The van der Waals surface area contributed by atoms with Gasteiger partial charge >= 0.3 is 0 Å². The van der Waals surface area contributed by atoms with Crippen LogP contribution in [0.3, 0.4) is 0 Å². The SMILES string of the molecule is CC(C)(C)n1ncc(Sc2ccc(N)cc2)c(Cl)c1=O. The number of rotatable bonds is 2. The number of nitrogen functional groups attached to an aromatic ring is 1. The first kappa shape index (κ1) is 14.9. The van der Waals surface area contributed by atoms with Crippen LogP contribution in [-0.2, 0) is 5.54 Å². The van der Waals surface area contributed by atoms with E-state index >= 15 is 0 Å². The Labute approximate surface area is 126 Å². The van der Waals surface area contributed by atoms with E-state index in [2.05, 4.69) is 5.10 Å². The summed E-state index contributed by atoms with van der Waals surface area (Å²) in [4.78, 5) is 13.8. The minimum Gasteiger partial charge on any atom is -0.399 e. The summed E-state index contributed by atoms with van der Waals surface area (Å²) in [6.07, 6.45) is 1.62. The quantitative estimate of drug-likeness (QED) is 0.864. The van der Waals surface area contributed by atoms with E-state index in [0.29, 0.717) is 10.6 Å². The molecule has 0 atom stereocenters. The monoisotopic (exact) mass is 309 g/mol. The van der Waals surface area contributed by atoms with Crippen LogP contribution in [0.2, 0.25) is 5.02 Å². The average Bonchev–Trinajstić information content (AvgIpc) is 2.36. The molecule has 0 fully saturated rings. The van der Waals surface area contributed by atoms with Gasteiger partial charge in [0.1, 0.15) is 5.02 Å². The zero-order chi connectivity index (χ0) is 14.9. The highest BCUT2D eigenvalue weighted by Gasteiger charge is 2.19. The van der Waals surface area contributed by atoms with Crippen molar-refractivity contribution in [2.75, 3.05) is 5.73 Å². The Bertz CT molecular complexity index is 674. The van der Waals surface area contributed by atoms with Gasteiger partial charge in [-0.1, -0.05) is 23.4 Å². The maximum atomic E-state index is 12.2. The molecule has 0 aliphatic heterocycles. The summed E-state index contributed by atoms with van der Waals surface area (Å²) in [5.74, 6) is 0. The van der Waals surface area contributed by atoms with Gasteiger partial charge in [-0.05, 0) is 45.0 Å². The predicted molar refractivity (Wildman–Crippen MR) is 83.5 cm³/mol. The molecule has 0 amide bonds. The molecule has 2 aromatic rings. The minimum atomic E-state index is -0.398. The zero-order valence-corrected chi connectivity index (χ0v) is 13.1. The van der Waals surface area contributed by atoms with Crippen LogP contribution in [0.1, 0.15) is 20.8 Å². The van der Waals surface area contributed by atoms with Crippen LogP contribution in [0.15, 0.2) is 45.0 Å². The van der Waals surface area contributed by atoms with Gasteiger partial charge in [0.25, 0.3) is 5.56 Å². The molecule has 106 valence electrons. The van der Waals surface area contributed by atoms with Gasteiger partial charge < -0.3 is 5.73 Å². The van der Waals surface area contributed by atoms with Gasteiger partial charge in [-0.25, -0.2) is 4.68 Å². The third kappa shape index (κ3) is 3.16. The summed E-state index contributed by atoms with van der Waals surface area (Å²) >= 11 is 7.56. The lowest BCUT2D eigenvalue weighted by molar-refractivity contribution is 0.336. The van der Waals surface area contributed by atoms with Gasteiger partial charge in [0.2, 0.25) is 0 Å². The van der Waals surface area contributed by atoms with E-state index in [9.17, 15) is 4.79 Å². The molecule has 4 nitrogen and oxygen atoms in total. The molecule has 1 heterocycles. The molecule has 0 aliphatic carbocycles. The summed E-state index contributed by atoms with van der Waals surface area (Å²) in [5, 5.41) is 4.39. The fourth-order valence-electron chi connectivity index (χ4n) is 1.63. The van der Waals surface area contributed by atoms with E-state index in [1.807, 2.05) is 32.9 Å². The van der Waals surface area contributed by atoms with Crippen LogP contribution < -0.4 is 11.3 Å². The molecule has 0 aliphatic rings. The molecule has 2 rings (SSSR count). The molecule has 20 heavy (non-hydrogen) atoms. The number of hydrogen-bond acceptors (Lipinski definition) is 4. The Hall–Kier alpha value is -1.46. The van der Waals surface area contributed by atoms with E-state index in [0.717, 1.165) is 4.90 Å². The van der Waals surface area contributed by atoms with Crippen molar-refractivity contribution in [2.45, 2.75) is 36.1 Å². The van der Waals surface area contributed by atoms with Crippen molar-refractivity contribution in [1.82, 2.24) is 9.78 Å². The summed E-state index contributed by atoms with van der Waals surface area (Å²) in [6, 6.07) is 7.37. The number of hydrogen-bond donors (Lipinski definition) is 1. The van der Waals surface area contributed by atoms with E-state index in [1.165, 1.54) is 16.4 Å². The molecule has 0 spiro atoms. The topological polar surface area (TPSA) is 60.9 Å². The fourth-order valence-corrected chi connectivity index (χ4v) is 2.68. The third-order valence-corrected chi connectivity index (χ3v) is 4.14. The zero-order valence-electron chi connectivity index (χ0n) is 11.6. The predicted octanol–water partition coefficient (Wildman–Crippen LogP) is 3.39. The van der Waals surface area contributed by atoms with Crippen LogP contribution >= 0.6 is 23.4 Å². The molecule has 0 saturated carbocycles.